The van der Waals surface area contributed by atoms with Gasteiger partial charge in [-0.2, -0.15) is 10.2 Å². The van der Waals surface area contributed by atoms with Gasteiger partial charge in [0.25, 0.3) is 5.69 Å². The van der Waals surface area contributed by atoms with Gasteiger partial charge in [-0.3, -0.25) is 25.0 Å². The molecule has 1 atom stereocenters. The second kappa shape index (κ2) is 14.4. The lowest BCUT2D eigenvalue weighted by atomic mass is 9.99. The van der Waals surface area contributed by atoms with E-state index in [2.05, 4.69) is 15.8 Å². The maximum Gasteiger partial charge on any atom is 0.347 e. The molecule has 0 aromatic heterocycles. The van der Waals surface area contributed by atoms with Crippen molar-refractivity contribution in [3.8, 4) is 0 Å². The van der Waals surface area contributed by atoms with Gasteiger partial charge in [0.15, 0.2) is 6.17 Å². The molecule has 1 saturated heterocycles. The Labute approximate surface area is 269 Å². The van der Waals surface area contributed by atoms with Gasteiger partial charge in [0.05, 0.1) is 16.7 Å². The summed E-state index contributed by atoms with van der Waals surface area (Å²) in [6.45, 7) is 3.71. The van der Waals surface area contributed by atoms with Crippen LogP contribution in [0, 0.1) is 10.1 Å². The zero-order valence-corrected chi connectivity index (χ0v) is 25.9. The number of benzene rings is 3. The zero-order chi connectivity index (χ0) is 32.7. The van der Waals surface area contributed by atoms with Crippen LogP contribution in [0.5, 0.6) is 0 Å². The first-order valence-corrected chi connectivity index (χ1v) is 14.6. The van der Waals surface area contributed by atoms with E-state index in [1.54, 1.807) is 67.3 Å². The van der Waals surface area contributed by atoms with Crippen molar-refractivity contribution >= 4 is 64.4 Å². The zero-order valence-electron chi connectivity index (χ0n) is 24.4. The van der Waals surface area contributed by atoms with Gasteiger partial charge in [-0.25, -0.2) is 15.0 Å². The number of carbonyl (C=O) groups is 3. The second-order valence-corrected chi connectivity index (χ2v) is 11.6. The van der Waals surface area contributed by atoms with Crippen LogP contribution in [0.4, 0.5) is 26.7 Å². The monoisotopic (exact) mass is 655 g/mol. The number of halogens is 2. The van der Waals surface area contributed by atoms with E-state index in [1.807, 2.05) is 0 Å². The molecular weight excluding hydrogens is 625 g/mol. The Morgan fingerprint density at radius 3 is 2.22 bits per heavy atom. The molecule has 1 fully saturated rings. The molecule has 45 heavy (non-hydrogen) atoms. The molecule has 3 aromatic carbocycles. The van der Waals surface area contributed by atoms with Gasteiger partial charge in [0.2, 0.25) is 5.91 Å². The second-order valence-electron chi connectivity index (χ2n) is 10.7. The molecule has 0 aliphatic carbocycles. The maximum absolute atomic E-state index is 13.8. The van der Waals surface area contributed by atoms with E-state index in [1.165, 1.54) is 35.4 Å². The molecule has 3 aromatic rings. The van der Waals surface area contributed by atoms with Crippen molar-refractivity contribution in [1.29, 1.82) is 0 Å². The smallest absolute Gasteiger partial charge is 0.315 e. The van der Waals surface area contributed by atoms with Crippen LogP contribution in [-0.4, -0.2) is 62.5 Å². The van der Waals surface area contributed by atoms with Crippen LogP contribution in [0.25, 0.3) is 0 Å². The number of hydrogen-bond acceptors (Lipinski definition) is 7. The number of nitro groups is 1. The van der Waals surface area contributed by atoms with Crippen LogP contribution >= 0.6 is 23.2 Å². The molecule has 0 bridgehead atoms. The van der Waals surface area contributed by atoms with Gasteiger partial charge in [-0.05, 0) is 92.9 Å². The number of hydrogen-bond donors (Lipinski definition) is 3. The maximum atomic E-state index is 13.8. The van der Waals surface area contributed by atoms with Crippen molar-refractivity contribution in [3.05, 3.63) is 98.5 Å². The third-order valence-corrected chi connectivity index (χ3v) is 7.70. The average molecular weight is 657 g/mol. The van der Waals surface area contributed by atoms with E-state index < -0.39 is 28.7 Å². The predicted octanol–water partition coefficient (Wildman–Crippen LogP) is 6.49. The number of non-ortho nitro benzene ring substituents is 1. The summed E-state index contributed by atoms with van der Waals surface area (Å²) in [4.78, 5) is 52.4. The quantitative estimate of drug-likeness (QED) is 0.0703. The van der Waals surface area contributed by atoms with E-state index >= 15 is 0 Å². The Hall–Kier alpha value is -4.72. The number of unbranched alkanes of at least 4 members (excludes halogenated alkanes) is 1. The molecular formula is C30H31Cl2N7O6. The Balaban J connectivity index is 1.40. The molecule has 236 valence electrons. The first-order valence-electron chi connectivity index (χ1n) is 13.9. The molecule has 0 saturated carbocycles. The van der Waals surface area contributed by atoms with Crippen LogP contribution in [0.15, 0.2) is 77.9 Å². The van der Waals surface area contributed by atoms with Gasteiger partial charge >= 0.3 is 12.1 Å². The molecule has 1 aliphatic heterocycles. The third-order valence-electron chi connectivity index (χ3n) is 7.19. The number of nitro benzene ring substituents is 1. The van der Waals surface area contributed by atoms with E-state index in [0.717, 1.165) is 0 Å². The number of nitrogens with zero attached hydrogens (tertiary/aromatic N) is 5. The topological polar surface area (TPSA) is 161 Å². The summed E-state index contributed by atoms with van der Waals surface area (Å²) in [5.74, 6) is -0.346. The summed E-state index contributed by atoms with van der Waals surface area (Å²) in [5.41, 5.74) is 2.70. The standard InChI is InChI=1S/C30H31Cl2N7O6/c1-30(2)27(38(43)28(41)34-23-12-8-21(31)9-13-23)37(24-16-10-22(32)11-17-24)29(42)36(30)18-4-3-5-26(40)35-33-19-20-6-14-25(15-7-20)39(44)45/h6-17,19,27,43H,3-5,18H2,1-2H3,(H,34,41)(H,35,40)/b33-19-. The Morgan fingerprint density at radius 2 is 1.62 bits per heavy atom. The molecule has 5 amide bonds. The van der Waals surface area contributed by atoms with Gasteiger partial charge in [0, 0.05) is 46.5 Å². The molecule has 15 heteroatoms. The predicted molar refractivity (Wildman–Crippen MR) is 171 cm³/mol. The van der Waals surface area contributed by atoms with Crippen LogP contribution in [0.2, 0.25) is 10.0 Å². The highest BCUT2D eigenvalue weighted by Crippen LogP contribution is 2.38. The summed E-state index contributed by atoms with van der Waals surface area (Å²) >= 11 is 12.0. The van der Waals surface area contributed by atoms with Crippen LogP contribution in [0.3, 0.4) is 0 Å². The number of carbonyl (C=O) groups excluding carboxylic acids is 3. The number of hydroxylamine groups is 2. The summed E-state index contributed by atoms with van der Waals surface area (Å²) in [6.07, 6.45) is 1.24. The van der Waals surface area contributed by atoms with Gasteiger partial charge < -0.3 is 10.2 Å². The van der Waals surface area contributed by atoms with Gasteiger partial charge in [-0.1, -0.05) is 23.2 Å². The fourth-order valence-corrected chi connectivity index (χ4v) is 5.13. The van der Waals surface area contributed by atoms with E-state index in [4.69, 9.17) is 23.2 Å². The SMILES string of the molecule is CC1(C)C(N(O)C(=O)Nc2ccc(Cl)cc2)N(c2ccc(Cl)cc2)C(=O)N1CCCCC(=O)N/N=C\c1ccc([N+](=O)[O-])cc1. The summed E-state index contributed by atoms with van der Waals surface area (Å²) < 4.78 is 0. The molecule has 1 heterocycles. The summed E-state index contributed by atoms with van der Waals surface area (Å²) in [7, 11) is 0. The fraction of sp³-hybridized carbons (Fsp3) is 0.267. The lowest BCUT2D eigenvalue weighted by Gasteiger charge is -2.38. The number of hydrazone groups is 1. The van der Waals surface area contributed by atoms with Crippen molar-refractivity contribution in [3.63, 3.8) is 0 Å². The van der Waals surface area contributed by atoms with E-state index in [-0.39, 0.29) is 24.6 Å². The summed E-state index contributed by atoms with van der Waals surface area (Å²) in [5, 5.41) is 29.9. The first kappa shape index (κ1) is 33.2. The highest BCUT2D eigenvalue weighted by molar-refractivity contribution is 6.31. The largest absolute Gasteiger partial charge is 0.347 e. The lowest BCUT2D eigenvalue weighted by Crippen LogP contribution is -2.58. The molecule has 1 aliphatic rings. The number of anilines is 2. The van der Waals surface area contributed by atoms with Crippen molar-refractivity contribution in [2.75, 3.05) is 16.8 Å². The summed E-state index contributed by atoms with van der Waals surface area (Å²) in [6, 6.07) is 17.2. The van der Waals surface area contributed by atoms with Crippen LogP contribution in [0.1, 0.15) is 38.7 Å². The molecule has 0 radical (unpaired) electrons. The highest BCUT2D eigenvalue weighted by Gasteiger charge is 2.55. The molecule has 4 rings (SSSR count). The van der Waals surface area contributed by atoms with Crippen LogP contribution in [-0.2, 0) is 4.79 Å². The van der Waals surface area contributed by atoms with Crippen LogP contribution < -0.4 is 15.6 Å². The lowest BCUT2D eigenvalue weighted by molar-refractivity contribution is -0.384. The number of rotatable bonds is 11. The van der Waals surface area contributed by atoms with E-state index in [0.29, 0.717) is 44.9 Å². The Kier molecular flexibility index (Phi) is 10.6. The number of amides is 5. The van der Waals surface area contributed by atoms with Crippen molar-refractivity contribution in [2.45, 2.75) is 44.8 Å². The normalized spacial score (nSPS) is 15.8. The molecule has 13 nitrogen and oxygen atoms in total. The fourth-order valence-electron chi connectivity index (χ4n) is 4.88. The van der Waals surface area contributed by atoms with E-state index in [9.17, 15) is 29.7 Å². The molecule has 0 spiro atoms. The van der Waals surface area contributed by atoms with Gasteiger partial charge in [0.1, 0.15) is 0 Å². The minimum absolute atomic E-state index is 0.0497. The van der Waals surface area contributed by atoms with Gasteiger partial charge in [-0.15, -0.1) is 0 Å². The molecule has 1 unspecified atom stereocenters. The van der Waals surface area contributed by atoms with Crippen molar-refractivity contribution in [2.24, 2.45) is 5.10 Å². The highest BCUT2D eigenvalue weighted by atomic mass is 35.5. The van der Waals surface area contributed by atoms with Crippen molar-refractivity contribution < 1.29 is 24.5 Å². The third kappa shape index (κ3) is 8.06. The molecule has 3 N–H and O–H groups in total. The minimum Gasteiger partial charge on any atom is -0.315 e. The number of urea groups is 2. The average Bonchev–Trinajstić information content (AvgIpc) is 3.20. The first-order chi connectivity index (χ1) is 21.4. The number of nitrogens with one attached hydrogen (secondary N) is 2. The Bertz CT molecular complexity index is 1570. The van der Waals surface area contributed by atoms with Crippen molar-refractivity contribution in [1.82, 2.24) is 15.4 Å². The minimum atomic E-state index is -1.13. The Morgan fingerprint density at radius 1 is 1.02 bits per heavy atom.